The molecule has 0 saturated carbocycles. The average molecular weight is 383 g/mol. The summed E-state index contributed by atoms with van der Waals surface area (Å²) in [6.45, 7) is 5.38. The third-order valence-electron chi connectivity index (χ3n) is 4.91. The third-order valence-corrected chi connectivity index (χ3v) is 4.91. The molecule has 0 aliphatic rings. The van der Waals surface area contributed by atoms with E-state index in [9.17, 15) is 4.39 Å². The van der Waals surface area contributed by atoms with Crippen molar-refractivity contribution in [1.82, 2.24) is 0 Å². The van der Waals surface area contributed by atoms with Crippen molar-refractivity contribution in [3.8, 4) is 34.1 Å². The lowest BCUT2D eigenvalue weighted by atomic mass is 9.98. The Morgan fingerprint density at radius 1 is 0.828 bits per heavy atom. The van der Waals surface area contributed by atoms with Crippen LogP contribution in [0.3, 0.4) is 0 Å². The van der Waals surface area contributed by atoms with Gasteiger partial charge in [-0.1, -0.05) is 78.6 Å². The normalized spacial score (nSPS) is 11.4. The second-order valence-corrected chi connectivity index (χ2v) is 7.32. The Balaban J connectivity index is 1.64. The molecule has 1 unspecified atom stereocenters. The molecule has 0 N–H and O–H groups in total. The van der Waals surface area contributed by atoms with Gasteiger partial charge in [-0.05, 0) is 66.1 Å². The van der Waals surface area contributed by atoms with Crippen molar-refractivity contribution < 1.29 is 4.39 Å². The number of rotatable bonds is 7. The Morgan fingerprint density at radius 2 is 1.31 bits per heavy atom. The van der Waals surface area contributed by atoms with Gasteiger partial charge in [-0.25, -0.2) is 4.39 Å². The van der Waals surface area contributed by atoms with Crippen molar-refractivity contribution in [3.63, 3.8) is 0 Å². The highest BCUT2D eigenvalue weighted by molar-refractivity contribution is 5.70. The first-order valence-electron chi connectivity index (χ1n) is 10.2. The minimum absolute atomic E-state index is 0.586. The number of benzene rings is 3. The van der Waals surface area contributed by atoms with Crippen LogP contribution in [-0.4, -0.2) is 6.17 Å². The molecule has 0 heterocycles. The predicted molar refractivity (Wildman–Crippen MR) is 123 cm³/mol. The fourth-order valence-electron chi connectivity index (χ4n) is 3.24. The SMILES string of the molecule is C=CCc1ccc(-c2ccc(-c3ccc(C#CCCCC(C)F)cc3)cc2)cc1. The first-order chi connectivity index (χ1) is 14.2. The van der Waals surface area contributed by atoms with Gasteiger partial charge in [-0.2, -0.15) is 0 Å². The Morgan fingerprint density at radius 3 is 1.79 bits per heavy atom. The van der Waals surface area contributed by atoms with E-state index < -0.39 is 6.17 Å². The first kappa shape index (κ1) is 20.6. The highest BCUT2D eigenvalue weighted by Gasteiger charge is 2.01. The molecule has 0 bridgehead atoms. The molecule has 0 aliphatic heterocycles. The first-order valence-corrected chi connectivity index (χ1v) is 10.2. The maximum Gasteiger partial charge on any atom is 0.0973 e. The number of unbranched alkanes of at least 4 members (excludes halogenated alkanes) is 1. The van der Waals surface area contributed by atoms with Crippen LogP contribution in [0.2, 0.25) is 0 Å². The number of hydrogen-bond acceptors (Lipinski definition) is 0. The quantitative estimate of drug-likeness (QED) is 0.224. The van der Waals surface area contributed by atoms with E-state index in [2.05, 4.69) is 79.1 Å². The predicted octanol–water partition coefficient (Wildman–Crippen LogP) is 7.63. The second-order valence-electron chi connectivity index (χ2n) is 7.32. The summed E-state index contributed by atoms with van der Waals surface area (Å²) in [5, 5.41) is 0. The van der Waals surface area contributed by atoms with Crippen molar-refractivity contribution in [3.05, 3.63) is 96.6 Å². The smallest absolute Gasteiger partial charge is 0.0973 e. The molecular weight excluding hydrogens is 355 g/mol. The Bertz CT molecular complexity index is 966. The highest BCUT2D eigenvalue weighted by atomic mass is 19.1. The molecular formula is C28H27F. The van der Waals surface area contributed by atoms with Crippen molar-refractivity contribution in [2.45, 2.75) is 38.8 Å². The lowest BCUT2D eigenvalue weighted by molar-refractivity contribution is 0.336. The maximum atomic E-state index is 12.8. The van der Waals surface area contributed by atoms with Gasteiger partial charge in [0.25, 0.3) is 0 Å². The van der Waals surface area contributed by atoms with E-state index in [0.717, 1.165) is 24.8 Å². The number of alkyl halides is 1. The molecule has 0 spiro atoms. The van der Waals surface area contributed by atoms with E-state index in [1.807, 2.05) is 18.2 Å². The van der Waals surface area contributed by atoms with Crippen LogP contribution in [0.25, 0.3) is 22.3 Å². The zero-order valence-corrected chi connectivity index (χ0v) is 17.0. The van der Waals surface area contributed by atoms with Crippen LogP contribution in [0.1, 0.15) is 37.3 Å². The number of hydrogen-bond donors (Lipinski definition) is 0. The largest absolute Gasteiger partial charge is 0.248 e. The van der Waals surface area contributed by atoms with Crippen LogP contribution < -0.4 is 0 Å². The van der Waals surface area contributed by atoms with E-state index >= 15 is 0 Å². The topological polar surface area (TPSA) is 0 Å². The van der Waals surface area contributed by atoms with Crippen molar-refractivity contribution in [2.75, 3.05) is 0 Å². The van der Waals surface area contributed by atoms with E-state index in [0.29, 0.717) is 6.42 Å². The van der Waals surface area contributed by atoms with Gasteiger partial charge in [0.1, 0.15) is 0 Å². The second kappa shape index (κ2) is 10.4. The van der Waals surface area contributed by atoms with Crippen molar-refractivity contribution in [2.24, 2.45) is 0 Å². The average Bonchev–Trinajstić information content (AvgIpc) is 2.75. The fraction of sp³-hybridized carbons (Fsp3) is 0.214. The molecule has 0 nitrogen and oxygen atoms in total. The molecule has 29 heavy (non-hydrogen) atoms. The van der Waals surface area contributed by atoms with Crippen LogP contribution in [-0.2, 0) is 6.42 Å². The molecule has 146 valence electrons. The minimum atomic E-state index is -0.737. The summed E-state index contributed by atoms with van der Waals surface area (Å²) in [5.74, 6) is 6.29. The molecule has 3 aromatic rings. The van der Waals surface area contributed by atoms with Gasteiger partial charge < -0.3 is 0 Å². The summed E-state index contributed by atoms with van der Waals surface area (Å²) in [4.78, 5) is 0. The Hall–Kier alpha value is -3.11. The van der Waals surface area contributed by atoms with Crippen LogP contribution in [0.5, 0.6) is 0 Å². The van der Waals surface area contributed by atoms with Gasteiger partial charge in [0, 0.05) is 12.0 Å². The zero-order valence-electron chi connectivity index (χ0n) is 17.0. The molecule has 0 amide bonds. The van der Waals surface area contributed by atoms with Gasteiger partial charge in [0.2, 0.25) is 0 Å². The van der Waals surface area contributed by atoms with E-state index in [1.54, 1.807) is 6.92 Å². The number of allylic oxidation sites excluding steroid dienone is 1. The van der Waals surface area contributed by atoms with Crippen LogP contribution in [0.4, 0.5) is 4.39 Å². The summed E-state index contributed by atoms with van der Waals surface area (Å²) < 4.78 is 12.8. The molecule has 0 saturated heterocycles. The molecule has 0 radical (unpaired) electrons. The van der Waals surface area contributed by atoms with Crippen LogP contribution in [0, 0.1) is 11.8 Å². The zero-order chi connectivity index (χ0) is 20.5. The fourth-order valence-corrected chi connectivity index (χ4v) is 3.24. The van der Waals surface area contributed by atoms with Gasteiger partial charge in [0.05, 0.1) is 6.17 Å². The summed E-state index contributed by atoms with van der Waals surface area (Å²) in [5.41, 5.74) is 7.07. The lowest BCUT2D eigenvalue weighted by Gasteiger charge is -2.06. The van der Waals surface area contributed by atoms with Crippen molar-refractivity contribution >= 4 is 0 Å². The van der Waals surface area contributed by atoms with E-state index in [1.165, 1.54) is 27.8 Å². The van der Waals surface area contributed by atoms with Gasteiger partial charge in [0.15, 0.2) is 0 Å². The summed E-state index contributed by atoms with van der Waals surface area (Å²) >= 11 is 0. The monoisotopic (exact) mass is 382 g/mol. The van der Waals surface area contributed by atoms with Gasteiger partial charge in [-0.3, -0.25) is 0 Å². The molecule has 0 aliphatic carbocycles. The summed E-state index contributed by atoms with van der Waals surface area (Å²) in [6.07, 6.45) is 4.23. The molecule has 0 fully saturated rings. The minimum Gasteiger partial charge on any atom is -0.248 e. The standard InChI is InChI=1S/C28H27F/c1-3-7-23-10-14-25(15-11-23)27-18-20-28(21-19-27)26-16-12-24(13-17-26)9-6-4-5-8-22(2)29/h3,10-22H,1,4-5,7-8H2,2H3. The maximum absolute atomic E-state index is 12.8. The molecule has 1 heteroatoms. The molecule has 0 aromatic heterocycles. The molecule has 3 rings (SSSR count). The lowest BCUT2D eigenvalue weighted by Crippen LogP contribution is -1.90. The van der Waals surface area contributed by atoms with Crippen molar-refractivity contribution in [1.29, 1.82) is 0 Å². The molecule has 1 atom stereocenters. The Kier molecular flexibility index (Phi) is 7.42. The summed E-state index contributed by atoms with van der Waals surface area (Å²) in [7, 11) is 0. The number of halogens is 1. The Labute approximate surface area is 174 Å². The van der Waals surface area contributed by atoms with E-state index in [4.69, 9.17) is 0 Å². The third kappa shape index (κ3) is 6.19. The summed E-state index contributed by atoms with van der Waals surface area (Å²) in [6, 6.07) is 25.6. The van der Waals surface area contributed by atoms with Crippen LogP contribution in [0.15, 0.2) is 85.5 Å². The molecule has 3 aromatic carbocycles. The highest BCUT2D eigenvalue weighted by Crippen LogP contribution is 2.25. The van der Waals surface area contributed by atoms with Crippen LogP contribution >= 0.6 is 0 Å². The van der Waals surface area contributed by atoms with Gasteiger partial charge in [-0.15, -0.1) is 6.58 Å². The van der Waals surface area contributed by atoms with Gasteiger partial charge >= 0.3 is 0 Å². The van der Waals surface area contributed by atoms with E-state index in [-0.39, 0.29) is 0 Å².